The molecule has 3 heteroatoms. The van der Waals surface area contributed by atoms with Crippen LogP contribution in [0.2, 0.25) is 0 Å². The smallest absolute Gasteiger partial charge is 0.0710 e. The summed E-state index contributed by atoms with van der Waals surface area (Å²) >= 11 is 0. The second kappa shape index (κ2) is 5.31. The number of hydrogen-bond acceptors (Lipinski definition) is 3. The van der Waals surface area contributed by atoms with Gasteiger partial charge in [0.15, 0.2) is 0 Å². The maximum absolute atomic E-state index is 8.49. The second-order valence-electron chi connectivity index (χ2n) is 1.58. The summed E-state index contributed by atoms with van der Waals surface area (Å²) in [7, 11) is 0. The van der Waals surface area contributed by atoms with Crippen LogP contribution in [0.25, 0.3) is 0 Å². The molecule has 0 aromatic carbocycles. The Bertz CT molecular complexity index is 110. The number of rotatable bonds is 4. The maximum atomic E-state index is 8.49. The van der Waals surface area contributed by atoms with E-state index in [4.69, 9.17) is 10.5 Å². The lowest BCUT2D eigenvalue weighted by atomic mass is 10.3. The molecule has 0 rings (SSSR count). The zero-order valence-electron chi connectivity index (χ0n) is 5.52. The van der Waals surface area contributed by atoms with Gasteiger partial charge in [0.05, 0.1) is 6.61 Å². The van der Waals surface area contributed by atoms with Crippen molar-refractivity contribution in [2.24, 2.45) is 0 Å². The average molecular weight is 128 g/mol. The molecule has 0 aromatic rings. The molecule has 9 heavy (non-hydrogen) atoms. The lowest BCUT2D eigenvalue weighted by molar-refractivity contribution is 0.337. The van der Waals surface area contributed by atoms with Crippen molar-refractivity contribution >= 4 is 6.21 Å². The minimum atomic E-state index is -0.0729. The third kappa shape index (κ3) is 3.73. The molecule has 0 aromatic heterocycles. The molecule has 52 valence electrons. The molecule has 0 bridgehead atoms. The molecular formula is C6H12N2O. The summed E-state index contributed by atoms with van der Waals surface area (Å²) in [6.45, 7) is 2.70. The van der Waals surface area contributed by atoms with Crippen LogP contribution in [0.4, 0.5) is 0 Å². The third-order valence-electron chi connectivity index (χ3n) is 0.860. The van der Waals surface area contributed by atoms with Crippen LogP contribution in [-0.2, 0) is 0 Å². The highest BCUT2D eigenvalue weighted by atomic mass is 16.3. The van der Waals surface area contributed by atoms with Crippen molar-refractivity contribution in [1.82, 2.24) is 5.32 Å². The maximum Gasteiger partial charge on any atom is 0.0710 e. The quantitative estimate of drug-likeness (QED) is 0.471. The van der Waals surface area contributed by atoms with Gasteiger partial charge in [-0.2, -0.15) is 0 Å². The molecular weight excluding hydrogens is 116 g/mol. The van der Waals surface area contributed by atoms with E-state index in [0.29, 0.717) is 5.57 Å². The molecule has 0 heterocycles. The van der Waals surface area contributed by atoms with Gasteiger partial charge in [0.25, 0.3) is 0 Å². The highest BCUT2D eigenvalue weighted by molar-refractivity contribution is 5.75. The van der Waals surface area contributed by atoms with E-state index < -0.39 is 0 Å². The first-order valence-corrected chi connectivity index (χ1v) is 2.89. The van der Waals surface area contributed by atoms with Crippen molar-refractivity contribution in [1.29, 1.82) is 5.41 Å². The minimum absolute atomic E-state index is 0.0729. The highest BCUT2D eigenvalue weighted by Gasteiger charge is 1.84. The van der Waals surface area contributed by atoms with Crippen molar-refractivity contribution in [3.05, 3.63) is 11.8 Å². The van der Waals surface area contributed by atoms with E-state index in [1.165, 1.54) is 0 Å². The fourth-order valence-corrected chi connectivity index (χ4v) is 0.366. The van der Waals surface area contributed by atoms with Gasteiger partial charge in [-0.15, -0.1) is 0 Å². The molecule has 0 fully saturated rings. The van der Waals surface area contributed by atoms with Crippen LogP contribution in [0.15, 0.2) is 11.8 Å². The Morgan fingerprint density at radius 1 is 1.78 bits per heavy atom. The molecule has 0 unspecified atom stereocenters. The zero-order valence-corrected chi connectivity index (χ0v) is 5.52. The lowest BCUT2D eigenvalue weighted by Crippen LogP contribution is -2.06. The summed E-state index contributed by atoms with van der Waals surface area (Å²) in [4.78, 5) is 0. The van der Waals surface area contributed by atoms with Crippen LogP contribution >= 0.6 is 0 Å². The molecule has 0 saturated carbocycles. The minimum Gasteiger partial charge on any atom is -0.392 e. The molecule has 0 aliphatic carbocycles. The van der Waals surface area contributed by atoms with E-state index in [1.54, 1.807) is 6.20 Å². The molecule has 0 saturated heterocycles. The Kier molecular flexibility index (Phi) is 4.82. The average Bonchev–Trinajstić information content (AvgIpc) is 1.91. The number of aliphatic hydroxyl groups excluding tert-OH is 1. The van der Waals surface area contributed by atoms with Crippen LogP contribution in [-0.4, -0.2) is 24.5 Å². The van der Waals surface area contributed by atoms with Gasteiger partial charge < -0.3 is 15.8 Å². The predicted molar refractivity (Wildman–Crippen MR) is 37.6 cm³/mol. The first kappa shape index (κ1) is 8.17. The van der Waals surface area contributed by atoms with Crippen LogP contribution < -0.4 is 5.32 Å². The Labute approximate surface area is 54.9 Å². The number of aliphatic hydroxyl groups is 1. The van der Waals surface area contributed by atoms with Crippen LogP contribution in [0, 0.1) is 5.41 Å². The van der Waals surface area contributed by atoms with Crippen molar-refractivity contribution in [2.75, 3.05) is 13.2 Å². The standard InChI is InChI=1S/C6H12N2O/c1-2-8-4-6(3-7)5-9/h3-4,7-9H,2,5H2,1H3/b6-4+,7-3?. The molecule has 0 spiro atoms. The lowest BCUT2D eigenvalue weighted by Gasteiger charge is -1.95. The SMILES string of the molecule is CCN/C=C(\C=N)CO. The van der Waals surface area contributed by atoms with Crippen LogP contribution in [0.3, 0.4) is 0 Å². The summed E-state index contributed by atoms with van der Waals surface area (Å²) in [5.41, 5.74) is 0.594. The molecule has 3 N–H and O–H groups in total. The molecule has 0 atom stereocenters. The molecule has 3 nitrogen and oxygen atoms in total. The highest BCUT2D eigenvalue weighted by Crippen LogP contribution is 1.82. The van der Waals surface area contributed by atoms with Gasteiger partial charge in [0.1, 0.15) is 0 Å². The van der Waals surface area contributed by atoms with E-state index in [-0.39, 0.29) is 6.61 Å². The van der Waals surface area contributed by atoms with Gasteiger partial charge in [-0.25, -0.2) is 0 Å². The molecule has 0 amide bonds. The number of nitrogens with one attached hydrogen (secondary N) is 2. The van der Waals surface area contributed by atoms with Crippen molar-refractivity contribution < 1.29 is 5.11 Å². The van der Waals surface area contributed by atoms with Gasteiger partial charge in [0, 0.05) is 24.5 Å². The largest absolute Gasteiger partial charge is 0.392 e. The Hall–Kier alpha value is -0.830. The van der Waals surface area contributed by atoms with Gasteiger partial charge in [-0.1, -0.05) is 0 Å². The predicted octanol–water partition coefficient (Wildman–Crippen LogP) is 0.122. The zero-order chi connectivity index (χ0) is 7.11. The van der Waals surface area contributed by atoms with E-state index in [0.717, 1.165) is 12.8 Å². The summed E-state index contributed by atoms with van der Waals surface area (Å²) < 4.78 is 0. The van der Waals surface area contributed by atoms with Gasteiger partial charge in [0.2, 0.25) is 0 Å². The summed E-state index contributed by atoms with van der Waals surface area (Å²) in [6, 6.07) is 0. The first-order valence-electron chi connectivity index (χ1n) is 2.89. The van der Waals surface area contributed by atoms with Crippen LogP contribution in [0.5, 0.6) is 0 Å². The van der Waals surface area contributed by atoms with E-state index >= 15 is 0 Å². The monoisotopic (exact) mass is 128 g/mol. The fourth-order valence-electron chi connectivity index (χ4n) is 0.366. The Morgan fingerprint density at radius 2 is 2.44 bits per heavy atom. The fraction of sp³-hybridized carbons (Fsp3) is 0.500. The number of hydrogen-bond donors (Lipinski definition) is 3. The van der Waals surface area contributed by atoms with E-state index in [1.807, 2.05) is 6.92 Å². The van der Waals surface area contributed by atoms with E-state index in [2.05, 4.69) is 5.32 Å². The summed E-state index contributed by atoms with van der Waals surface area (Å²) in [6.07, 6.45) is 2.76. The van der Waals surface area contributed by atoms with Crippen molar-refractivity contribution in [2.45, 2.75) is 6.92 Å². The summed E-state index contributed by atoms with van der Waals surface area (Å²) in [5, 5.41) is 18.1. The second-order valence-corrected chi connectivity index (χ2v) is 1.58. The normalized spacial score (nSPS) is 11.1. The molecule has 0 radical (unpaired) electrons. The molecule has 0 aliphatic heterocycles. The Morgan fingerprint density at radius 3 is 2.78 bits per heavy atom. The van der Waals surface area contributed by atoms with Crippen LogP contribution in [0.1, 0.15) is 6.92 Å². The Balaban J connectivity index is 3.61. The summed E-state index contributed by atoms with van der Waals surface area (Å²) in [5.74, 6) is 0. The van der Waals surface area contributed by atoms with Crippen molar-refractivity contribution in [3.63, 3.8) is 0 Å². The first-order chi connectivity index (χ1) is 4.35. The van der Waals surface area contributed by atoms with Gasteiger partial charge in [-0.05, 0) is 6.92 Å². The van der Waals surface area contributed by atoms with E-state index in [9.17, 15) is 0 Å². The van der Waals surface area contributed by atoms with Crippen molar-refractivity contribution in [3.8, 4) is 0 Å². The van der Waals surface area contributed by atoms with Gasteiger partial charge >= 0.3 is 0 Å². The van der Waals surface area contributed by atoms with Gasteiger partial charge in [-0.3, -0.25) is 0 Å². The topological polar surface area (TPSA) is 56.1 Å². The third-order valence-corrected chi connectivity index (χ3v) is 0.860. The molecule has 0 aliphatic rings.